The Hall–Kier alpha value is -2.25. The van der Waals surface area contributed by atoms with Gasteiger partial charge in [0.2, 0.25) is 0 Å². The average molecular weight is 328 g/mol. The molecule has 0 saturated carbocycles. The van der Waals surface area contributed by atoms with Crippen LogP contribution in [0.1, 0.15) is 29.8 Å². The molecule has 0 radical (unpaired) electrons. The van der Waals surface area contributed by atoms with E-state index in [1.165, 1.54) is 11.0 Å². The molecule has 0 N–H and O–H groups in total. The zero-order valence-electron chi connectivity index (χ0n) is 13.4. The number of piperidine rings is 1. The number of para-hydroxylation sites is 1. The third-order valence-electron chi connectivity index (χ3n) is 4.47. The van der Waals surface area contributed by atoms with E-state index in [2.05, 4.69) is 10.2 Å². The SMILES string of the molecule is O=C(c1cnn(-c2ccccc2)n1)N1CCCCC1C1OCCO1. The third-order valence-corrected chi connectivity index (χ3v) is 4.47. The summed E-state index contributed by atoms with van der Waals surface area (Å²) in [6.45, 7) is 1.88. The molecule has 2 saturated heterocycles. The van der Waals surface area contributed by atoms with Crippen LogP contribution >= 0.6 is 0 Å². The predicted molar refractivity (Wildman–Crippen MR) is 85.7 cm³/mol. The van der Waals surface area contributed by atoms with Crippen molar-refractivity contribution >= 4 is 5.91 Å². The normalized spacial score (nSPS) is 22.0. The van der Waals surface area contributed by atoms with Crippen molar-refractivity contribution in [2.24, 2.45) is 0 Å². The molecule has 0 bridgehead atoms. The molecule has 2 aliphatic heterocycles. The zero-order chi connectivity index (χ0) is 16.4. The molecule has 1 unspecified atom stereocenters. The minimum Gasteiger partial charge on any atom is -0.348 e. The van der Waals surface area contributed by atoms with E-state index in [0.717, 1.165) is 24.9 Å². The molecule has 1 atom stereocenters. The van der Waals surface area contributed by atoms with Crippen LogP contribution in [0.3, 0.4) is 0 Å². The highest BCUT2D eigenvalue weighted by atomic mass is 16.7. The van der Waals surface area contributed by atoms with Gasteiger partial charge in [0.1, 0.15) is 0 Å². The largest absolute Gasteiger partial charge is 0.348 e. The van der Waals surface area contributed by atoms with Crippen LogP contribution in [-0.2, 0) is 9.47 Å². The summed E-state index contributed by atoms with van der Waals surface area (Å²) >= 11 is 0. The van der Waals surface area contributed by atoms with Gasteiger partial charge in [-0.1, -0.05) is 18.2 Å². The van der Waals surface area contributed by atoms with E-state index in [1.807, 2.05) is 35.2 Å². The number of rotatable bonds is 3. The first-order valence-electron chi connectivity index (χ1n) is 8.35. The van der Waals surface area contributed by atoms with Crippen molar-refractivity contribution in [3.05, 3.63) is 42.2 Å². The number of likely N-dealkylation sites (tertiary alicyclic amines) is 1. The number of aromatic nitrogens is 3. The van der Waals surface area contributed by atoms with Crippen LogP contribution in [0.25, 0.3) is 5.69 Å². The molecule has 4 rings (SSSR count). The molecule has 7 heteroatoms. The first-order chi connectivity index (χ1) is 11.8. The highest BCUT2D eigenvalue weighted by Gasteiger charge is 2.37. The van der Waals surface area contributed by atoms with Crippen molar-refractivity contribution in [1.82, 2.24) is 19.9 Å². The van der Waals surface area contributed by atoms with Crippen LogP contribution in [0, 0.1) is 0 Å². The van der Waals surface area contributed by atoms with Crippen molar-refractivity contribution in [2.45, 2.75) is 31.6 Å². The standard InChI is InChI=1S/C17H20N4O3/c22-16(14-12-18-21(19-14)13-6-2-1-3-7-13)20-9-5-4-8-15(20)17-23-10-11-24-17/h1-3,6-7,12,15,17H,4-5,8-11H2. The summed E-state index contributed by atoms with van der Waals surface area (Å²) in [5.41, 5.74) is 1.18. The van der Waals surface area contributed by atoms with Crippen LogP contribution < -0.4 is 0 Å². The molecule has 24 heavy (non-hydrogen) atoms. The van der Waals surface area contributed by atoms with Gasteiger partial charge in [0.05, 0.1) is 31.1 Å². The van der Waals surface area contributed by atoms with Crippen LogP contribution in [0.15, 0.2) is 36.5 Å². The minimum atomic E-state index is -0.321. The van der Waals surface area contributed by atoms with Crippen LogP contribution in [0.4, 0.5) is 0 Å². The number of hydrogen-bond acceptors (Lipinski definition) is 5. The number of hydrogen-bond donors (Lipinski definition) is 0. The summed E-state index contributed by atoms with van der Waals surface area (Å²) in [5.74, 6) is -0.110. The molecule has 1 amide bonds. The quantitative estimate of drug-likeness (QED) is 0.856. The summed E-state index contributed by atoms with van der Waals surface area (Å²) in [6.07, 6.45) is 4.16. The molecule has 2 aliphatic rings. The van der Waals surface area contributed by atoms with Gasteiger partial charge in [0.25, 0.3) is 5.91 Å². The lowest BCUT2D eigenvalue weighted by Crippen LogP contribution is -2.50. The fourth-order valence-electron chi connectivity index (χ4n) is 3.29. The van der Waals surface area contributed by atoms with E-state index in [9.17, 15) is 4.79 Å². The molecular formula is C17H20N4O3. The molecular weight excluding hydrogens is 308 g/mol. The Morgan fingerprint density at radius 3 is 2.71 bits per heavy atom. The summed E-state index contributed by atoms with van der Waals surface area (Å²) in [6, 6.07) is 9.51. The van der Waals surface area contributed by atoms with Crippen LogP contribution in [-0.4, -0.2) is 57.9 Å². The summed E-state index contributed by atoms with van der Waals surface area (Å²) < 4.78 is 11.3. The molecule has 0 aliphatic carbocycles. The highest BCUT2D eigenvalue weighted by Crippen LogP contribution is 2.25. The first kappa shape index (κ1) is 15.3. The second-order valence-electron chi connectivity index (χ2n) is 6.03. The molecule has 7 nitrogen and oxygen atoms in total. The summed E-state index contributed by atoms with van der Waals surface area (Å²) in [7, 11) is 0. The zero-order valence-corrected chi connectivity index (χ0v) is 13.4. The van der Waals surface area contributed by atoms with Gasteiger partial charge >= 0.3 is 0 Å². The van der Waals surface area contributed by atoms with E-state index < -0.39 is 0 Å². The molecule has 2 aromatic rings. The van der Waals surface area contributed by atoms with Crippen molar-refractivity contribution in [3.8, 4) is 5.69 Å². The third kappa shape index (κ3) is 2.92. The minimum absolute atomic E-state index is 0.0457. The van der Waals surface area contributed by atoms with Gasteiger partial charge in [-0.05, 0) is 31.4 Å². The fraction of sp³-hybridized carbons (Fsp3) is 0.471. The average Bonchev–Trinajstić information content (AvgIpc) is 3.34. The molecule has 3 heterocycles. The number of amides is 1. The van der Waals surface area contributed by atoms with Crippen molar-refractivity contribution in [3.63, 3.8) is 0 Å². The van der Waals surface area contributed by atoms with Crippen molar-refractivity contribution in [2.75, 3.05) is 19.8 Å². The maximum atomic E-state index is 12.9. The molecule has 0 spiro atoms. The van der Waals surface area contributed by atoms with Gasteiger partial charge < -0.3 is 14.4 Å². The van der Waals surface area contributed by atoms with E-state index >= 15 is 0 Å². The smallest absolute Gasteiger partial charge is 0.276 e. The van der Waals surface area contributed by atoms with E-state index in [1.54, 1.807) is 0 Å². The number of benzene rings is 1. The van der Waals surface area contributed by atoms with Gasteiger partial charge in [0.15, 0.2) is 12.0 Å². The Bertz CT molecular complexity index is 697. The highest BCUT2D eigenvalue weighted by molar-refractivity contribution is 5.92. The first-order valence-corrected chi connectivity index (χ1v) is 8.35. The maximum Gasteiger partial charge on any atom is 0.276 e. The van der Waals surface area contributed by atoms with E-state index in [-0.39, 0.29) is 18.2 Å². The summed E-state index contributed by atoms with van der Waals surface area (Å²) in [5, 5.41) is 8.57. The fourth-order valence-corrected chi connectivity index (χ4v) is 3.29. The number of carbonyl (C=O) groups is 1. The topological polar surface area (TPSA) is 69.5 Å². The Labute approximate surface area is 140 Å². The van der Waals surface area contributed by atoms with Crippen molar-refractivity contribution < 1.29 is 14.3 Å². The number of ether oxygens (including phenoxy) is 2. The number of carbonyl (C=O) groups excluding carboxylic acids is 1. The van der Waals surface area contributed by atoms with Gasteiger partial charge in [-0.3, -0.25) is 4.79 Å². The lowest BCUT2D eigenvalue weighted by atomic mass is 10.0. The Balaban J connectivity index is 1.54. The molecule has 126 valence electrons. The van der Waals surface area contributed by atoms with E-state index in [4.69, 9.17) is 9.47 Å². The number of nitrogens with zero attached hydrogens (tertiary/aromatic N) is 4. The second-order valence-corrected chi connectivity index (χ2v) is 6.03. The second kappa shape index (κ2) is 6.70. The Morgan fingerprint density at radius 1 is 1.12 bits per heavy atom. The van der Waals surface area contributed by atoms with Gasteiger partial charge in [-0.2, -0.15) is 9.90 Å². The monoisotopic (exact) mass is 328 g/mol. The van der Waals surface area contributed by atoms with Crippen LogP contribution in [0.5, 0.6) is 0 Å². The molecule has 1 aromatic heterocycles. The van der Waals surface area contributed by atoms with E-state index in [0.29, 0.717) is 25.5 Å². The molecule has 2 fully saturated rings. The Morgan fingerprint density at radius 2 is 1.92 bits per heavy atom. The summed E-state index contributed by atoms with van der Waals surface area (Å²) in [4.78, 5) is 16.2. The molecule has 1 aromatic carbocycles. The maximum absolute atomic E-state index is 12.9. The lowest BCUT2D eigenvalue weighted by Gasteiger charge is -2.37. The van der Waals surface area contributed by atoms with Gasteiger partial charge in [-0.15, -0.1) is 5.10 Å². The van der Waals surface area contributed by atoms with Crippen LogP contribution in [0.2, 0.25) is 0 Å². The Kier molecular flexibility index (Phi) is 4.27. The van der Waals surface area contributed by atoms with Gasteiger partial charge in [-0.25, -0.2) is 0 Å². The van der Waals surface area contributed by atoms with Crippen molar-refractivity contribution in [1.29, 1.82) is 0 Å². The van der Waals surface area contributed by atoms with Gasteiger partial charge in [0, 0.05) is 6.54 Å². The lowest BCUT2D eigenvalue weighted by molar-refractivity contribution is -0.100. The predicted octanol–water partition coefficient (Wildman–Crippen LogP) is 1.63.